The van der Waals surface area contributed by atoms with E-state index in [2.05, 4.69) is 19.2 Å². The number of amides is 2. The van der Waals surface area contributed by atoms with Crippen LogP contribution in [-0.2, 0) is 9.53 Å². The van der Waals surface area contributed by atoms with Crippen LogP contribution < -0.4 is 5.32 Å². The number of aliphatic hydroxyl groups excluding tert-OH is 2. The van der Waals surface area contributed by atoms with Gasteiger partial charge in [-0.15, -0.1) is 0 Å². The molecule has 7 nitrogen and oxygen atoms in total. The van der Waals surface area contributed by atoms with Crippen LogP contribution in [0.15, 0.2) is 0 Å². The molecule has 7 heteroatoms. The summed E-state index contributed by atoms with van der Waals surface area (Å²) in [7, 11) is 0. The number of carbonyl (C=O) groups excluding carboxylic acids is 2. The molecule has 1 saturated heterocycles. The van der Waals surface area contributed by atoms with Gasteiger partial charge < -0.3 is 20.3 Å². The van der Waals surface area contributed by atoms with Gasteiger partial charge in [0, 0.05) is 6.54 Å². The number of piperidine rings is 1. The third-order valence-electron chi connectivity index (χ3n) is 5.18. The number of carbonyl (C=O) groups is 2. The van der Waals surface area contributed by atoms with Crippen LogP contribution in [0.25, 0.3) is 0 Å². The maximum Gasteiger partial charge on any atom is 0.410 e. The number of ether oxygens (including phenoxy) is 1. The summed E-state index contributed by atoms with van der Waals surface area (Å²) in [6.45, 7) is 11.4. The summed E-state index contributed by atoms with van der Waals surface area (Å²) < 4.78 is 5.48. The first-order valence-corrected chi connectivity index (χ1v) is 10.1. The molecule has 158 valence electrons. The van der Waals surface area contributed by atoms with Gasteiger partial charge in [-0.1, -0.05) is 20.3 Å². The second-order valence-corrected chi connectivity index (χ2v) is 8.87. The lowest BCUT2D eigenvalue weighted by molar-refractivity contribution is -0.130. The fourth-order valence-corrected chi connectivity index (χ4v) is 3.37. The Morgan fingerprint density at radius 1 is 1.30 bits per heavy atom. The van der Waals surface area contributed by atoms with E-state index in [4.69, 9.17) is 4.74 Å². The van der Waals surface area contributed by atoms with E-state index in [-0.39, 0.29) is 12.5 Å². The van der Waals surface area contributed by atoms with Crippen LogP contribution >= 0.6 is 0 Å². The second-order valence-electron chi connectivity index (χ2n) is 8.87. The van der Waals surface area contributed by atoms with E-state index in [0.29, 0.717) is 24.8 Å². The molecule has 0 radical (unpaired) electrons. The highest BCUT2D eigenvalue weighted by Gasteiger charge is 2.39. The zero-order valence-corrected chi connectivity index (χ0v) is 17.7. The van der Waals surface area contributed by atoms with Crippen LogP contribution in [0.3, 0.4) is 0 Å². The third kappa shape index (κ3) is 7.66. The van der Waals surface area contributed by atoms with Gasteiger partial charge in [0.05, 0.1) is 18.8 Å². The largest absolute Gasteiger partial charge is 0.444 e. The third-order valence-corrected chi connectivity index (χ3v) is 5.18. The van der Waals surface area contributed by atoms with Gasteiger partial charge in [-0.2, -0.15) is 0 Å². The van der Waals surface area contributed by atoms with Gasteiger partial charge >= 0.3 is 6.09 Å². The molecule has 27 heavy (non-hydrogen) atoms. The van der Waals surface area contributed by atoms with Crippen molar-refractivity contribution < 1.29 is 24.5 Å². The Hall–Kier alpha value is -1.34. The summed E-state index contributed by atoms with van der Waals surface area (Å²) in [5.74, 6) is 0.567. The molecule has 0 aromatic rings. The Morgan fingerprint density at radius 2 is 1.93 bits per heavy atom. The van der Waals surface area contributed by atoms with E-state index in [9.17, 15) is 19.8 Å². The maximum atomic E-state index is 12.9. The highest BCUT2D eigenvalue weighted by atomic mass is 16.6. The summed E-state index contributed by atoms with van der Waals surface area (Å²) >= 11 is 0. The Kier molecular flexibility index (Phi) is 9.02. The van der Waals surface area contributed by atoms with E-state index < -0.39 is 29.9 Å². The predicted octanol–water partition coefficient (Wildman–Crippen LogP) is 2.30. The van der Waals surface area contributed by atoms with Crippen LogP contribution in [0, 0.1) is 11.8 Å². The molecule has 0 aromatic heterocycles. The SMILES string of the molecule is CCC(C)CC1CCN(C(=O)OC(C)(C)C)C(C(=O)NC(CO)C(C)O)C1. The average Bonchev–Trinajstić information content (AvgIpc) is 2.57. The molecule has 0 saturated carbocycles. The number of hydrogen-bond acceptors (Lipinski definition) is 5. The van der Waals surface area contributed by atoms with Gasteiger partial charge in [0.1, 0.15) is 11.6 Å². The predicted molar refractivity (Wildman–Crippen MR) is 104 cm³/mol. The Balaban J connectivity index is 2.94. The molecule has 5 atom stereocenters. The number of likely N-dealkylation sites (tertiary alicyclic amines) is 1. The van der Waals surface area contributed by atoms with Crippen molar-refractivity contribution >= 4 is 12.0 Å². The van der Waals surface area contributed by atoms with Crippen LogP contribution in [0.2, 0.25) is 0 Å². The van der Waals surface area contributed by atoms with Crippen LogP contribution in [-0.4, -0.2) is 64.1 Å². The molecular formula is C20H38N2O5. The summed E-state index contributed by atoms with van der Waals surface area (Å²) in [6.07, 6.45) is 2.12. The lowest BCUT2D eigenvalue weighted by Gasteiger charge is -2.40. The van der Waals surface area contributed by atoms with Crippen molar-refractivity contribution in [3.63, 3.8) is 0 Å². The molecule has 1 fully saturated rings. The molecule has 1 heterocycles. The lowest BCUT2D eigenvalue weighted by Crippen LogP contribution is -2.57. The molecule has 5 unspecified atom stereocenters. The number of nitrogens with one attached hydrogen (secondary N) is 1. The first kappa shape index (κ1) is 23.7. The van der Waals surface area contributed by atoms with Gasteiger partial charge in [-0.25, -0.2) is 4.79 Å². The summed E-state index contributed by atoms with van der Waals surface area (Å²) in [6, 6.07) is -1.41. The number of nitrogens with zero attached hydrogens (tertiary/aromatic N) is 1. The van der Waals surface area contributed by atoms with Crippen molar-refractivity contribution in [2.75, 3.05) is 13.2 Å². The van der Waals surface area contributed by atoms with E-state index in [1.165, 1.54) is 11.8 Å². The van der Waals surface area contributed by atoms with Crippen molar-refractivity contribution in [3.8, 4) is 0 Å². The first-order chi connectivity index (χ1) is 12.5. The highest BCUT2D eigenvalue weighted by molar-refractivity contribution is 5.86. The fraction of sp³-hybridized carbons (Fsp3) is 0.900. The molecule has 2 amide bonds. The van der Waals surface area contributed by atoms with E-state index >= 15 is 0 Å². The van der Waals surface area contributed by atoms with Gasteiger partial charge in [-0.05, 0) is 58.8 Å². The minimum Gasteiger partial charge on any atom is -0.444 e. The standard InChI is InChI=1S/C20H38N2O5/c1-7-13(2)10-15-8-9-22(19(26)27-20(4,5)6)17(11-15)18(25)21-16(12-23)14(3)24/h13-17,23-24H,7-12H2,1-6H3,(H,21,25). The molecule has 1 rings (SSSR count). The number of rotatable bonds is 7. The van der Waals surface area contributed by atoms with Crippen LogP contribution in [0.5, 0.6) is 0 Å². The molecular weight excluding hydrogens is 348 g/mol. The van der Waals surface area contributed by atoms with Crippen molar-refractivity contribution in [2.45, 2.75) is 91.0 Å². The van der Waals surface area contributed by atoms with E-state index in [1.807, 2.05) is 0 Å². The maximum absolute atomic E-state index is 12.9. The number of hydrogen-bond donors (Lipinski definition) is 3. The van der Waals surface area contributed by atoms with Crippen molar-refractivity contribution in [1.29, 1.82) is 0 Å². The Morgan fingerprint density at radius 3 is 2.41 bits per heavy atom. The van der Waals surface area contributed by atoms with Gasteiger partial charge in [-0.3, -0.25) is 9.69 Å². The fourth-order valence-electron chi connectivity index (χ4n) is 3.37. The molecule has 0 spiro atoms. The van der Waals surface area contributed by atoms with E-state index in [0.717, 1.165) is 19.3 Å². The van der Waals surface area contributed by atoms with Crippen molar-refractivity contribution in [2.24, 2.45) is 11.8 Å². The van der Waals surface area contributed by atoms with Crippen LogP contribution in [0.1, 0.15) is 67.2 Å². The first-order valence-electron chi connectivity index (χ1n) is 10.1. The van der Waals surface area contributed by atoms with E-state index in [1.54, 1.807) is 20.8 Å². The average molecular weight is 387 g/mol. The quantitative estimate of drug-likeness (QED) is 0.623. The van der Waals surface area contributed by atoms with Crippen molar-refractivity contribution in [1.82, 2.24) is 10.2 Å². The molecule has 0 bridgehead atoms. The molecule has 0 aromatic carbocycles. The van der Waals surface area contributed by atoms with Gasteiger partial charge in [0.25, 0.3) is 0 Å². The van der Waals surface area contributed by atoms with Crippen molar-refractivity contribution in [3.05, 3.63) is 0 Å². The summed E-state index contributed by atoms with van der Waals surface area (Å²) in [5.41, 5.74) is -0.640. The smallest absolute Gasteiger partial charge is 0.410 e. The van der Waals surface area contributed by atoms with Gasteiger partial charge in [0.2, 0.25) is 5.91 Å². The minimum atomic E-state index is -0.881. The highest BCUT2D eigenvalue weighted by Crippen LogP contribution is 2.30. The zero-order valence-electron chi connectivity index (χ0n) is 17.7. The molecule has 1 aliphatic heterocycles. The second kappa shape index (κ2) is 10.3. The summed E-state index contributed by atoms with van der Waals surface area (Å²) in [4.78, 5) is 27.0. The molecule has 0 aliphatic carbocycles. The topological polar surface area (TPSA) is 99.1 Å². The number of aliphatic hydroxyl groups is 2. The molecule has 1 aliphatic rings. The Bertz CT molecular complexity index is 489. The van der Waals surface area contributed by atoms with Gasteiger partial charge in [0.15, 0.2) is 0 Å². The van der Waals surface area contributed by atoms with Crippen LogP contribution in [0.4, 0.5) is 4.79 Å². The molecule has 3 N–H and O–H groups in total. The zero-order chi connectivity index (χ0) is 20.8. The Labute approximate surface area is 163 Å². The minimum absolute atomic E-state index is 0.352. The summed E-state index contributed by atoms with van der Waals surface area (Å²) in [5, 5.41) is 21.8. The monoisotopic (exact) mass is 386 g/mol. The lowest BCUT2D eigenvalue weighted by atomic mass is 9.83. The normalized spacial score (nSPS) is 24.1.